The average molecular weight is 225 g/mol. The SMILES string of the molecule is Cc1c(C(O)C(F)F)c2ccccc2n1C. The first kappa shape index (κ1) is 11.1. The molecule has 0 saturated carbocycles. The van der Waals surface area contributed by atoms with E-state index in [-0.39, 0.29) is 0 Å². The van der Waals surface area contributed by atoms with Crippen LogP contribution in [-0.2, 0) is 7.05 Å². The molecule has 0 radical (unpaired) electrons. The summed E-state index contributed by atoms with van der Waals surface area (Å²) in [6.07, 6.45) is -4.48. The van der Waals surface area contributed by atoms with E-state index in [0.717, 1.165) is 5.52 Å². The van der Waals surface area contributed by atoms with E-state index < -0.39 is 12.5 Å². The maximum absolute atomic E-state index is 12.6. The molecule has 16 heavy (non-hydrogen) atoms. The largest absolute Gasteiger partial charge is 0.382 e. The maximum Gasteiger partial charge on any atom is 0.268 e. The Morgan fingerprint density at radius 2 is 1.88 bits per heavy atom. The number of aromatic nitrogens is 1. The molecule has 0 bridgehead atoms. The smallest absolute Gasteiger partial charge is 0.268 e. The molecule has 0 fully saturated rings. The van der Waals surface area contributed by atoms with Crippen LogP contribution in [0.4, 0.5) is 8.78 Å². The Hall–Kier alpha value is -1.42. The zero-order valence-electron chi connectivity index (χ0n) is 9.11. The Morgan fingerprint density at radius 1 is 1.25 bits per heavy atom. The molecule has 1 aromatic carbocycles. The number of aliphatic hydroxyl groups excluding tert-OH is 1. The van der Waals surface area contributed by atoms with E-state index in [9.17, 15) is 13.9 Å². The molecule has 1 aromatic heterocycles. The lowest BCUT2D eigenvalue weighted by Crippen LogP contribution is -2.09. The maximum atomic E-state index is 12.6. The molecule has 1 atom stereocenters. The van der Waals surface area contributed by atoms with Crippen molar-refractivity contribution >= 4 is 10.9 Å². The predicted octanol–water partition coefficient (Wildman–Crippen LogP) is 2.79. The van der Waals surface area contributed by atoms with Gasteiger partial charge in [-0.1, -0.05) is 18.2 Å². The molecule has 0 saturated heterocycles. The summed E-state index contributed by atoms with van der Waals surface area (Å²) in [6, 6.07) is 7.23. The summed E-state index contributed by atoms with van der Waals surface area (Å²) in [5.41, 5.74) is 1.86. The molecule has 2 aromatic rings. The molecule has 4 heteroatoms. The number of rotatable bonds is 2. The normalized spacial score (nSPS) is 13.6. The highest BCUT2D eigenvalue weighted by Crippen LogP contribution is 2.32. The molecule has 0 aliphatic carbocycles. The van der Waals surface area contributed by atoms with Crippen molar-refractivity contribution < 1.29 is 13.9 Å². The van der Waals surface area contributed by atoms with Gasteiger partial charge in [0, 0.05) is 29.2 Å². The number of aliphatic hydroxyl groups is 1. The number of fused-ring (bicyclic) bond motifs is 1. The highest BCUT2D eigenvalue weighted by atomic mass is 19.3. The average Bonchev–Trinajstić information content (AvgIpc) is 2.52. The van der Waals surface area contributed by atoms with Crippen LogP contribution in [0.3, 0.4) is 0 Å². The first-order chi connectivity index (χ1) is 7.54. The monoisotopic (exact) mass is 225 g/mol. The highest BCUT2D eigenvalue weighted by Gasteiger charge is 2.25. The van der Waals surface area contributed by atoms with Gasteiger partial charge in [0.2, 0.25) is 0 Å². The second kappa shape index (κ2) is 3.87. The molecular weight excluding hydrogens is 212 g/mol. The first-order valence-corrected chi connectivity index (χ1v) is 5.04. The van der Waals surface area contributed by atoms with Gasteiger partial charge in [-0.25, -0.2) is 8.78 Å². The zero-order valence-corrected chi connectivity index (χ0v) is 9.11. The Morgan fingerprint density at radius 3 is 2.50 bits per heavy atom. The Kier molecular flexibility index (Phi) is 2.68. The van der Waals surface area contributed by atoms with Crippen LogP contribution in [0.15, 0.2) is 24.3 Å². The summed E-state index contributed by atoms with van der Waals surface area (Å²) in [5.74, 6) is 0. The van der Waals surface area contributed by atoms with Gasteiger partial charge in [-0.15, -0.1) is 0 Å². The number of hydrogen-bond donors (Lipinski definition) is 1. The van der Waals surface area contributed by atoms with Crippen LogP contribution in [0, 0.1) is 6.92 Å². The van der Waals surface area contributed by atoms with E-state index >= 15 is 0 Å². The molecule has 1 unspecified atom stereocenters. The fourth-order valence-electron chi connectivity index (χ4n) is 2.05. The van der Waals surface area contributed by atoms with Gasteiger partial charge >= 0.3 is 0 Å². The summed E-state index contributed by atoms with van der Waals surface area (Å²) in [6.45, 7) is 1.74. The van der Waals surface area contributed by atoms with Crippen LogP contribution in [0.2, 0.25) is 0 Å². The third-order valence-electron chi connectivity index (χ3n) is 2.98. The van der Waals surface area contributed by atoms with Crippen molar-refractivity contribution in [2.45, 2.75) is 19.5 Å². The van der Waals surface area contributed by atoms with Crippen LogP contribution in [-0.4, -0.2) is 16.1 Å². The van der Waals surface area contributed by atoms with E-state index in [0.29, 0.717) is 16.6 Å². The second-order valence-electron chi connectivity index (χ2n) is 3.85. The molecule has 2 rings (SSSR count). The second-order valence-corrected chi connectivity index (χ2v) is 3.85. The van der Waals surface area contributed by atoms with Crippen molar-refractivity contribution in [3.8, 4) is 0 Å². The van der Waals surface area contributed by atoms with Gasteiger partial charge in [0.1, 0.15) is 6.10 Å². The van der Waals surface area contributed by atoms with Crippen molar-refractivity contribution in [1.82, 2.24) is 4.57 Å². The third-order valence-corrected chi connectivity index (χ3v) is 2.98. The van der Waals surface area contributed by atoms with E-state index in [4.69, 9.17) is 0 Å². The lowest BCUT2D eigenvalue weighted by molar-refractivity contribution is -0.00539. The minimum absolute atomic E-state index is 0.327. The Labute approximate surface area is 92.1 Å². The van der Waals surface area contributed by atoms with Crippen molar-refractivity contribution in [1.29, 1.82) is 0 Å². The van der Waals surface area contributed by atoms with Gasteiger partial charge in [-0.05, 0) is 13.0 Å². The van der Waals surface area contributed by atoms with Gasteiger partial charge in [0.15, 0.2) is 0 Å². The summed E-state index contributed by atoms with van der Waals surface area (Å²) in [4.78, 5) is 0. The molecule has 0 amide bonds. The van der Waals surface area contributed by atoms with E-state index in [1.807, 2.05) is 16.7 Å². The van der Waals surface area contributed by atoms with E-state index in [2.05, 4.69) is 0 Å². The van der Waals surface area contributed by atoms with Crippen molar-refractivity contribution in [3.63, 3.8) is 0 Å². The highest BCUT2D eigenvalue weighted by molar-refractivity contribution is 5.85. The molecular formula is C12H13F2NO. The molecule has 2 nitrogen and oxygen atoms in total. The third kappa shape index (κ3) is 1.50. The molecule has 0 aliphatic heterocycles. The summed E-state index contributed by atoms with van der Waals surface area (Å²) >= 11 is 0. The predicted molar refractivity (Wildman–Crippen MR) is 58.6 cm³/mol. The fraction of sp³-hybridized carbons (Fsp3) is 0.333. The van der Waals surface area contributed by atoms with E-state index in [1.165, 1.54) is 0 Å². The number of halogens is 2. The molecule has 86 valence electrons. The quantitative estimate of drug-likeness (QED) is 0.835. The number of benzene rings is 1. The van der Waals surface area contributed by atoms with Crippen molar-refractivity contribution in [2.24, 2.45) is 7.05 Å². The molecule has 1 heterocycles. The Balaban J connectivity index is 2.73. The number of hydrogen-bond acceptors (Lipinski definition) is 1. The van der Waals surface area contributed by atoms with Gasteiger partial charge in [-0.2, -0.15) is 0 Å². The van der Waals surface area contributed by atoms with Gasteiger partial charge in [-0.3, -0.25) is 0 Å². The summed E-state index contributed by atoms with van der Waals surface area (Å²) in [5, 5.41) is 10.2. The molecule has 0 spiro atoms. The Bertz CT molecular complexity index is 519. The zero-order chi connectivity index (χ0) is 11.9. The number of alkyl halides is 2. The van der Waals surface area contributed by atoms with Crippen LogP contribution in [0.25, 0.3) is 10.9 Å². The van der Waals surface area contributed by atoms with Gasteiger partial charge in [0.05, 0.1) is 0 Å². The van der Waals surface area contributed by atoms with Gasteiger partial charge < -0.3 is 9.67 Å². The van der Waals surface area contributed by atoms with E-state index in [1.54, 1.807) is 26.1 Å². The topological polar surface area (TPSA) is 25.2 Å². The lowest BCUT2D eigenvalue weighted by Gasteiger charge is -2.10. The number of para-hydroxylation sites is 1. The number of nitrogens with zero attached hydrogens (tertiary/aromatic N) is 1. The minimum atomic E-state index is -2.76. The van der Waals surface area contributed by atoms with Crippen LogP contribution in [0.1, 0.15) is 17.4 Å². The summed E-state index contributed by atoms with van der Waals surface area (Å²) < 4.78 is 27.0. The van der Waals surface area contributed by atoms with Crippen molar-refractivity contribution in [3.05, 3.63) is 35.5 Å². The van der Waals surface area contributed by atoms with Crippen molar-refractivity contribution in [2.75, 3.05) is 0 Å². The standard InChI is InChI=1S/C12H13F2NO/c1-7-10(11(16)12(13)14)8-5-3-4-6-9(8)15(7)2/h3-6,11-12,16H,1-2H3. The van der Waals surface area contributed by atoms with Gasteiger partial charge in [0.25, 0.3) is 6.43 Å². The fourth-order valence-corrected chi connectivity index (χ4v) is 2.05. The first-order valence-electron chi connectivity index (χ1n) is 5.04. The van der Waals surface area contributed by atoms with Crippen LogP contribution in [0.5, 0.6) is 0 Å². The minimum Gasteiger partial charge on any atom is -0.382 e. The summed E-state index contributed by atoms with van der Waals surface area (Å²) in [7, 11) is 1.80. The number of aryl methyl sites for hydroxylation is 1. The van der Waals surface area contributed by atoms with Crippen LogP contribution >= 0.6 is 0 Å². The van der Waals surface area contributed by atoms with Crippen LogP contribution < -0.4 is 0 Å². The molecule has 0 aliphatic rings. The lowest BCUT2D eigenvalue weighted by atomic mass is 10.1. The molecule has 1 N–H and O–H groups in total.